The molecule has 0 bridgehead atoms. The summed E-state index contributed by atoms with van der Waals surface area (Å²) in [7, 11) is 0. The Labute approximate surface area is 103 Å². The monoisotopic (exact) mass is 223 g/mol. The Morgan fingerprint density at radius 3 is 2.65 bits per heavy atom. The number of hydrogen-bond acceptors (Lipinski definition) is 1. The summed E-state index contributed by atoms with van der Waals surface area (Å²) in [5.41, 5.74) is 3.73. The van der Waals surface area contributed by atoms with Crippen LogP contribution in [0.25, 0.3) is 6.08 Å². The van der Waals surface area contributed by atoms with Gasteiger partial charge in [-0.2, -0.15) is 0 Å². The molecule has 0 spiro atoms. The van der Waals surface area contributed by atoms with Crippen LogP contribution in [0.2, 0.25) is 0 Å². The molecule has 17 heavy (non-hydrogen) atoms. The van der Waals surface area contributed by atoms with Crippen molar-refractivity contribution in [3.05, 3.63) is 71.6 Å². The minimum absolute atomic E-state index is 1.01. The third kappa shape index (κ3) is 3.56. The molecule has 0 unspecified atom stereocenters. The Bertz CT molecular complexity index is 486. The summed E-state index contributed by atoms with van der Waals surface area (Å²) in [4.78, 5) is 4.39. The van der Waals surface area contributed by atoms with Crippen LogP contribution in [0.3, 0.4) is 0 Å². The Morgan fingerprint density at radius 2 is 1.88 bits per heavy atom. The fourth-order valence-electron chi connectivity index (χ4n) is 1.78. The molecule has 0 N–H and O–H groups in total. The fraction of sp³-hybridized carbons (Fsp3) is 0.188. The van der Waals surface area contributed by atoms with E-state index in [1.807, 2.05) is 18.3 Å². The number of benzene rings is 1. The lowest BCUT2D eigenvalue weighted by Crippen LogP contribution is -1.91. The Kier molecular flexibility index (Phi) is 4.09. The quantitative estimate of drug-likeness (QED) is 0.762. The highest BCUT2D eigenvalue weighted by atomic mass is 14.7. The molecule has 86 valence electrons. The van der Waals surface area contributed by atoms with Crippen LogP contribution in [0.4, 0.5) is 0 Å². The summed E-state index contributed by atoms with van der Waals surface area (Å²) in [6.45, 7) is 2.11. The molecule has 0 aliphatic rings. The summed E-state index contributed by atoms with van der Waals surface area (Å²) in [5, 5.41) is 0. The predicted octanol–water partition coefficient (Wildman–Crippen LogP) is 4.04. The van der Waals surface area contributed by atoms with Crippen LogP contribution in [0.5, 0.6) is 0 Å². The normalized spacial score (nSPS) is 10.9. The van der Waals surface area contributed by atoms with Gasteiger partial charge in [0.15, 0.2) is 0 Å². The molecule has 2 aromatic rings. The summed E-state index contributed by atoms with van der Waals surface area (Å²) in [6, 6.07) is 14.5. The molecule has 1 heteroatoms. The average Bonchev–Trinajstić information content (AvgIpc) is 2.38. The second kappa shape index (κ2) is 6.00. The van der Waals surface area contributed by atoms with Gasteiger partial charge in [0.1, 0.15) is 0 Å². The Hall–Kier alpha value is -1.89. The lowest BCUT2D eigenvalue weighted by atomic mass is 10.1. The lowest BCUT2D eigenvalue weighted by molar-refractivity contribution is 0.930. The van der Waals surface area contributed by atoms with Gasteiger partial charge in [0.05, 0.1) is 0 Å². The first kappa shape index (κ1) is 11.6. The van der Waals surface area contributed by atoms with E-state index in [2.05, 4.69) is 54.4 Å². The van der Waals surface area contributed by atoms with Gasteiger partial charge in [-0.1, -0.05) is 48.6 Å². The molecule has 1 heterocycles. The van der Waals surface area contributed by atoms with Crippen LogP contribution in [0.1, 0.15) is 23.2 Å². The van der Waals surface area contributed by atoms with Crippen LogP contribution in [0, 0.1) is 6.92 Å². The van der Waals surface area contributed by atoms with Gasteiger partial charge >= 0.3 is 0 Å². The van der Waals surface area contributed by atoms with Crippen molar-refractivity contribution in [3.63, 3.8) is 0 Å². The molecule has 2 rings (SSSR count). The Morgan fingerprint density at radius 1 is 1.06 bits per heavy atom. The zero-order valence-electron chi connectivity index (χ0n) is 10.1. The molecule has 0 fully saturated rings. The van der Waals surface area contributed by atoms with E-state index < -0.39 is 0 Å². The fourth-order valence-corrected chi connectivity index (χ4v) is 1.78. The van der Waals surface area contributed by atoms with Gasteiger partial charge < -0.3 is 0 Å². The highest BCUT2D eigenvalue weighted by Crippen LogP contribution is 2.08. The molecule has 0 atom stereocenters. The van der Waals surface area contributed by atoms with E-state index in [-0.39, 0.29) is 0 Å². The topological polar surface area (TPSA) is 12.9 Å². The summed E-state index contributed by atoms with van der Waals surface area (Å²) >= 11 is 0. The lowest BCUT2D eigenvalue weighted by Gasteiger charge is -2.01. The summed E-state index contributed by atoms with van der Waals surface area (Å²) in [5.74, 6) is 0. The zero-order valence-corrected chi connectivity index (χ0v) is 10.1. The maximum Gasteiger partial charge on any atom is 0.0435 e. The molecule has 0 radical (unpaired) electrons. The molecule has 0 amide bonds. The molecule has 1 aromatic carbocycles. The van der Waals surface area contributed by atoms with Gasteiger partial charge in [-0.15, -0.1) is 0 Å². The number of pyridine rings is 1. The van der Waals surface area contributed by atoms with Gasteiger partial charge in [-0.3, -0.25) is 4.98 Å². The number of aromatic nitrogens is 1. The molecule has 0 aliphatic heterocycles. The van der Waals surface area contributed by atoms with Crippen molar-refractivity contribution in [3.8, 4) is 0 Å². The second-order valence-corrected chi connectivity index (χ2v) is 4.12. The van der Waals surface area contributed by atoms with E-state index in [9.17, 15) is 0 Å². The molecular formula is C16H17N. The highest BCUT2D eigenvalue weighted by Gasteiger charge is 1.96. The number of aryl methyl sites for hydroxylation is 2. The molecule has 0 saturated carbocycles. The predicted molar refractivity (Wildman–Crippen MR) is 72.8 cm³/mol. The Balaban J connectivity index is 1.88. The summed E-state index contributed by atoms with van der Waals surface area (Å²) < 4.78 is 0. The third-order valence-electron chi connectivity index (χ3n) is 2.78. The van der Waals surface area contributed by atoms with Crippen LogP contribution in [0.15, 0.2) is 54.7 Å². The number of rotatable bonds is 4. The number of nitrogens with zero attached hydrogens (tertiary/aromatic N) is 1. The maximum atomic E-state index is 4.39. The molecule has 0 saturated heterocycles. The van der Waals surface area contributed by atoms with Crippen molar-refractivity contribution in [1.29, 1.82) is 0 Å². The van der Waals surface area contributed by atoms with Crippen LogP contribution >= 0.6 is 0 Å². The van der Waals surface area contributed by atoms with Gasteiger partial charge in [0.2, 0.25) is 0 Å². The van der Waals surface area contributed by atoms with Gasteiger partial charge in [-0.25, -0.2) is 0 Å². The smallest absolute Gasteiger partial charge is 0.0435 e. The van der Waals surface area contributed by atoms with Crippen molar-refractivity contribution in [2.45, 2.75) is 19.8 Å². The van der Waals surface area contributed by atoms with Crippen molar-refractivity contribution < 1.29 is 0 Å². The van der Waals surface area contributed by atoms with Crippen molar-refractivity contribution in [2.75, 3.05) is 0 Å². The highest BCUT2D eigenvalue weighted by molar-refractivity contribution is 5.48. The second-order valence-electron chi connectivity index (χ2n) is 4.12. The first-order chi connectivity index (χ1) is 8.36. The van der Waals surface area contributed by atoms with Gasteiger partial charge in [0.25, 0.3) is 0 Å². The van der Waals surface area contributed by atoms with E-state index in [4.69, 9.17) is 0 Å². The molecule has 1 aromatic heterocycles. The van der Waals surface area contributed by atoms with Gasteiger partial charge in [0, 0.05) is 11.9 Å². The van der Waals surface area contributed by atoms with Crippen LogP contribution < -0.4 is 0 Å². The molecule has 0 aliphatic carbocycles. The van der Waals surface area contributed by atoms with Crippen LogP contribution in [-0.4, -0.2) is 4.98 Å². The SMILES string of the molecule is Cc1cccnc1CC/C=C/c1ccccc1. The maximum absolute atomic E-state index is 4.39. The van der Waals surface area contributed by atoms with Gasteiger partial charge in [-0.05, 0) is 37.0 Å². The minimum atomic E-state index is 1.01. The van der Waals surface area contributed by atoms with Crippen molar-refractivity contribution in [2.24, 2.45) is 0 Å². The van der Waals surface area contributed by atoms with Crippen molar-refractivity contribution in [1.82, 2.24) is 4.98 Å². The van der Waals surface area contributed by atoms with E-state index >= 15 is 0 Å². The average molecular weight is 223 g/mol. The zero-order chi connectivity index (χ0) is 11.9. The van der Waals surface area contributed by atoms with Crippen LogP contribution in [-0.2, 0) is 6.42 Å². The first-order valence-electron chi connectivity index (χ1n) is 5.98. The van der Waals surface area contributed by atoms with E-state index in [1.165, 1.54) is 16.8 Å². The molecule has 1 nitrogen and oxygen atoms in total. The van der Waals surface area contributed by atoms with E-state index in [0.29, 0.717) is 0 Å². The van der Waals surface area contributed by atoms with Crippen molar-refractivity contribution >= 4 is 6.08 Å². The van der Waals surface area contributed by atoms with E-state index in [1.54, 1.807) is 0 Å². The number of hydrogen-bond donors (Lipinski definition) is 0. The first-order valence-corrected chi connectivity index (χ1v) is 5.98. The molecular weight excluding hydrogens is 206 g/mol. The standard InChI is InChI=1S/C16H17N/c1-14-8-7-13-17-16(14)12-6-5-11-15-9-3-2-4-10-15/h2-5,7-11,13H,6,12H2,1H3/b11-5+. The number of allylic oxidation sites excluding steroid dienone is 1. The minimum Gasteiger partial charge on any atom is -0.261 e. The summed E-state index contributed by atoms with van der Waals surface area (Å²) in [6.07, 6.45) is 8.29. The van der Waals surface area contributed by atoms with E-state index in [0.717, 1.165) is 12.8 Å². The third-order valence-corrected chi connectivity index (χ3v) is 2.78. The largest absolute Gasteiger partial charge is 0.261 e.